The lowest BCUT2D eigenvalue weighted by atomic mass is 10.0. The number of amides is 3. The Morgan fingerprint density at radius 3 is 2.40 bits per heavy atom. The van der Waals surface area contributed by atoms with Gasteiger partial charge in [-0.25, -0.2) is 4.79 Å². The Kier molecular flexibility index (Phi) is 6.59. The molecule has 3 aliphatic heterocycles. The lowest BCUT2D eigenvalue weighted by Gasteiger charge is -2.31. The van der Waals surface area contributed by atoms with Crippen LogP contribution < -0.4 is 34.9 Å². The highest BCUT2D eigenvalue weighted by Gasteiger charge is 2.29. The summed E-state index contributed by atoms with van der Waals surface area (Å²) < 4.78 is 27.0. The maximum Gasteiger partial charge on any atom is 0.319 e. The summed E-state index contributed by atoms with van der Waals surface area (Å²) in [5.74, 6) is 2.30. The average molecular weight is 483 g/mol. The third-order valence-corrected chi connectivity index (χ3v) is 5.70. The monoisotopic (exact) mass is 483 g/mol. The van der Waals surface area contributed by atoms with Gasteiger partial charge in [0.25, 0.3) is 0 Å². The van der Waals surface area contributed by atoms with Crippen LogP contribution >= 0.6 is 0 Å². The molecule has 0 aliphatic carbocycles. The Bertz CT molecular complexity index is 1140. The number of benzene rings is 2. The van der Waals surface area contributed by atoms with Crippen molar-refractivity contribution >= 4 is 17.6 Å². The molecule has 0 aromatic heterocycles. The molecule has 3 amide bonds. The summed E-state index contributed by atoms with van der Waals surface area (Å²) in [6.07, 6.45) is 2.28. The molecular formula is C24H25N3O8. The standard InChI is InChI=1S/C24H25N3O8/c28-11-22-17(27-24(30)26-15-2-6-19-21(8-15)34-13-32-19)4-3-16(35-22)9-23(29)25-10-14-1-5-18-20(7-14)33-12-31-18/h1-8,16-17,22,28H,9-13H2,(H,25,29)(H2,26,27,30)/t16-,17-,22-/m0/s1. The Morgan fingerprint density at radius 1 is 0.914 bits per heavy atom. The van der Waals surface area contributed by atoms with Crippen LogP contribution in [0.15, 0.2) is 48.6 Å². The topological polar surface area (TPSA) is 137 Å². The van der Waals surface area contributed by atoms with Crippen molar-refractivity contribution in [3.8, 4) is 23.0 Å². The van der Waals surface area contributed by atoms with Crippen LogP contribution in [0.1, 0.15) is 12.0 Å². The zero-order valence-corrected chi connectivity index (χ0v) is 18.7. The Hall–Kier alpha value is -3.96. The van der Waals surface area contributed by atoms with Gasteiger partial charge in [-0.15, -0.1) is 0 Å². The van der Waals surface area contributed by atoms with Gasteiger partial charge in [-0.1, -0.05) is 18.2 Å². The van der Waals surface area contributed by atoms with E-state index in [1.165, 1.54) is 0 Å². The lowest BCUT2D eigenvalue weighted by molar-refractivity contribution is -0.125. The van der Waals surface area contributed by atoms with Gasteiger partial charge in [0.05, 0.1) is 25.2 Å². The molecule has 184 valence electrons. The van der Waals surface area contributed by atoms with Crippen molar-refractivity contribution in [1.82, 2.24) is 10.6 Å². The molecule has 0 fully saturated rings. The van der Waals surface area contributed by atoms with Gasteiger partial charge in [-0.3, -0.25) is 4.79 Å². The van der Waals surface area contributed by atoms with Crippen molar-refractivity contribution in [1.29, 1.82) is 0 Å². The Labute approximate surface area is 200 Å². The molecule has 11 nitrogen and oxygen atoms in total. The van der Waals surface area contributed by atoms with Crippen LogP contribution in [-0.4, -0.2) is 55.5 Å². The van der Waals surface area contributed by atoms with Crippen LogP contribution in [0.5, 0.6) is 23.0 Å². The predicted molar refractivity (Wildman–Crippen MR) is 122 cm³/mol. The van der Waals surface area contributed by atoms with E-state index in [2.05, 4.69) is 16.0 Å². The third kappa shape index (κ3) is 5.42. The molecule has 3 aliphatic rings. The van der Waals surface area contributed by atoms with Crippen molar-refractivity contribution in [3.63, 3.8) is 0 Å². The van der Waals surface area contributed by atoms with Gasteiger partial charge in [0.2, 0.25) is 19.5 Å². The molecule has 2 aromatic carbocycles. The summed E-state index contributed by atoms with van der Waals surface area (Å²) >= 11 is 0. The van der Waals surface area contributed by atoms with E-state index in [4.69, 9.17) is 23.7 Å². The predicted octanol–water partition coefficient (Wildman–Crippen LogP) is 1.66. The van der Waals surface area contributed by atoms with Gasteiger partial charge >= 0.3 is 6.03 Å². The summed E-state index contributed by atoms with van der Waals surface area (Å²) in [6, 6.07) is 9.52. The molecule has 4 N–H and O–H groups in total. The molecule has 35 heavy (non-hydrogen) atoms. The first kappa shape index (κ1) is 22.8. The van der Waals surface area contributed by atoms with Crippen LogP contribution in [0.2, 0.25) is 0 Å². The maximum absolute atomic E-state index is 12.4. The second kappa shape index (κ2) is 10.1. The second-order valence-corrected chi connectivity index (χ2v) is 8.14. The SMILES string of the molecule is O=C(C[C@@H]1C=C[C@H](NC(=O)Nc2ccc3c(c2)OCO3)[C@H](CO)O1)NCc1ccc2c(c1)OCO2. The van der Waals surface area contributed by atoms with E-state index in [9.17, 15) is 14.7 Å². The highest BCUT2D eigenvalue weighted by atomic mass is 16.7. The molecule has 11 heteroatoms. The van der Waals surface area contributed by atoms with E-state index in [1.54, 1.807) is 36.4 Å². The summed E-state index contributed by atoms with van der Waals surface area (Å²) in [5, 5.41) is 18.1. The fourth-order valence-corrected chi connectivity index (χ4v) is 3.94. The van der Waals surface area contributed by atoms with E-state index in [1.807, 2.05) is 12.1 Å². The van der Waals surface area contributed by atoms with Crippen molar-refractivity contribution in [2.24, 2.45) is 0 Å². The molecule has 0 bridgehead atoms. The van der Waals surface area contributed by atoms with Gasteiger partial charge in [-0.05, 0) is 29.8 Å². The number of rotatable bonds is 7. The van der Waals surface area contributed by atoms with E-state index < -0.39 is 24.3 Å². The number of carbonyl (C=O) groups excluding carboxylic acids is 2. The Balaban J connectivity index is 1.10. The van der Waals surface area contributed by atoms with Gasteiger partial charge in [0.15, 0.2) is 23.0 Å². The fourth-order valence-electron chi connectivity index (χ4n) is 3.94. The first-order valence-corrected chi connectivity index (χ1v) is 11.1. The molecular weight excluding hydrogens is 458 g/mol. The van der Waals surface area contributed by atoms with Crippen LogP contribution in [0.3, 0.4) is 0 Å². The molecule has 0 unspecified atom stereocenters. The fraction of sp³-hybridized carbons (Fsp3) is 0.333. The van der Waals surface area contributed by atoms with Crippen molar-refractivity contribution in [2.75, 3.05) is 25.5 Å². The van der Waals surface area contributed by atoms with Crippen LogP contribution in [-0.2, 0) is 16.1 Å². The molecule has 5 rings (SSSR count). The smallest absolute Gasteiger partial charge is 0.319 e. The van der Waals surface area contributed by atoms with E-state index >= 15 is 0 Å². The van der Waals surface area contributed by atoms with E-state index in [-0.39, 0.29) is 32.5 Å². The number of aliphatic hydroxyl groups is 1. The number of carbonyl (C=O) groups is 2. The number of urea groups is 1. The summed E-state index contributed by atoms with van der Waals surface area (Å²) in [4.78, 5) is 24.9. The van der Waals surface area contributed by atoms with Crippen molar-refractivity contribution < 1.29 is 38.4 Å². The minimum absolute atomic E-state index is 0.0770. The number of hydrogen-bond acceptors (Lipinski definition) is 8. The van der Waals surface area contributed by atoms with Gasteiger partial charge in [-0.2, -0.15) is 0 Å². The van der Waals surface area contributed by atoms with Crippen LogP contribution in [0.25, 0.3) is 0 Å². The normalized spacial score (nSPS) is 21.5. The minimum atomic E-state index is -0.700. The van der Waals surface area contributed by atoms with E-state index in [0.29, 0.717) is 35.2 Å². The van der Waals surface area contributed by atoms with Crippen LogP contribution in [0, 0.1) is 0 Å². The number of ether oxygens (including phenoxy) is 5. The van der Waals surface area contributed by atoms with Crippen LogP contribution in [0.4, 0.5) is 10.5 Å². The van der Waals surface area contributed by atoms with Gasteiger partial charge in [0, 0.05) is 18.3 Å². The molecule has 3 atom stereocenters. The first-order valence-electron chi connectivity index (χ1n) is 11.1. The highest BCUT2D eigenvalue weighted by Crippen LogP contribution is 2.34. The number of fused-ring (bicyclic) bond motifs is 2. The summed E-state index contributed by atoms with van der Waals surface area (Å²) in [6.45, 7) is 0.345. The summed E-state index contributed by atoms with van der Waals surface area (Å²) in [7, 11) is 0. The molecule has 0 spiro atoms. The average Bonchev–Trinajstić information content (AvgIpc) is 3.52. The molecule has 0 radical (unpaired) electrons. The molecule has 0 saturated carbocycles. The number of anilines is 1. The molecule has 3 heterocycles. The zero-order chi connectivity index (χ0) is 24.2. The van der Waals surface area contributed by atoms with Crippen molar-refractivity contribution in [2.45, 2.75) is 31.2 Å². The highest BCUT2D eigenvalue weighted by molar-refractivity contribution is 5.90. The van der Waals surface area contributed by atoms with Gasteiger partial charge < -0.3 is 44.7 Å². The minimum Gasteiger partial charge on any atom is -0.454 e. The van der Waals surface area contributed by atoms with Crippen molar-refractivity contribution in [3.05, 3.63) is 54.1 Å². The largest absolute Gasteiger partial charge is 0.454 e. The number of nitrogens with one attached hydrogen (secondary N) is 3. The summed E-state index contributed by atoms with van der Waals surface area (Å²) in [5.41, 5.74) is 1.42. The van der Waals surface area contributed by atoms with E-state index in [0.717, 1.165) is 5.56 Å². The zero-order valence-electron chi connectivity index (χ0n) is 18.7. The number of hydrogen-bond donors (Lipinski definition) is 4. The lowest BCUT2D eigenvalue weighted by Crippen LogP contribution is -2.50. The quantitative estimate of drug-likeness (QED) is 0.437. The number of aliphatic hydroxyl groups excluding tert-OH is 1. The Morgan fingerprint density at radius 2 is 1.63 bits per heavy atom. The first-order chi connectivity index (χ1) is 17.1. The second-order valence-electron chi connectivity index (χ2n) is 8.14. The maximum atomic E-state index is 12.4. The molecule has 2 aromatic rings. The van der Waals surface area contributed by atoms with Gasteiger partial charge in [0.1, 0.15) is 6.10 Å². The molecule has 0 saturated heterocycles. The third-order valence-electron chi connectivity index (χ3n) is 5.70.